The Balaban J connectivity index is 1.49. The molecule has 3 saturated heterocycles. The van der Waals surface area contributed by atoms with Gasteiger partial charge in [-0.3, -0.25) is 9.69 Å². The Hall–Kier alpha value is -2.26. The van der Waals surface area contributed by atoms with E-state index in [1.54, 1.807) is 0 Å². The van der Waals surface area contributed by atoms with Crippen molar-refractivity contribution in [3.05, 3.63) is 29.8 Å². The maximum absolute atomic E-state index is 13.4. The SMILES string of the molecule is CCN1C(=O)[C@H]2CN(C(=O)Nc3cc(F)cc(F)c3)CCN2C12CCOCC2. The number of likely N-dealkylation sites (N-methyl/N-ethyl adjacent to an activating group) is 1. The van der Waals surface area contributed by atoms with Crippen LogP contribution in [0.25, 0.3) is 0 Å². The van der Waals surface area contributed by atoms with Gasteiger partial charge in [0, 0.05) is 50.8 Å². The predicted molar refractivity (Wildman–Crippen MR) is 97.6 cm³/mol. The lowest BCUT2D eigenvalue weighted by Gasteiger charge is -2.48. The molecule has 3 aliphatic heterocycles. The summed E-state index contributed by atoms with van der Waals surface area (Å²) in [5.74, 6) is -1.49. The van der Waals surface area contributed by atoms with E-state index in [-0.39, 0.29) is 23.8 Å². The minimum atomic E-state index is -0.758. The highest BCUT2D eigenvalue weighted by molar-refractivity contribution is 5.91. The molecule has 1 aromatic rings. The molecular weight excluding hydrogens is 370 g/mol. The lowest BCUT2D eigenvalue weighted by Crippen LogP contribution is -2.62. The molecule has 9 heteroatoms. The zero-order valence-electron chi connectivity index (χ0n) is 15.8. The third-order valence-electron chi connectivity index (χ3n) is 5.98. The van der Waals surface area contributed by atoms with E-state index in [0.29, 0.717) is 32.8 Å². The molecule has 1 atom stereocenters. The zero-order valence-corrected chi connectivity index (χ0v) is 15.8. The fraction of sp³-hybridized carbons (Fsp3) is 0.579. The van der Waals surface area contributed by atoms with E-state index in [1.165, 1.54) is 4.90 Å². The van der Waals surface area contributed by atoms with Crippen LogP contribution in [-0.2, 0) is 9.53 Å². The molecule has 152 valence electrons. The van der Waals surface area contributed by atoms with Gasteiger partial charge in [-0.2, -0.15) is 0 Å². The molecule has 0 saturated carbocycles. The third kappa shape index (κ3) is 3.12. The van der Waals surface area contributed by atoms with Gasteiger partial charge in [0.1, 0.15) is 23.3 Å². The van der Waals surface area contributed by atoms with Crippen LogP contribution in [0.15, 0.2) is 18.2 Å². The molecule has 3 fully saturated rings. The van der Waals surface area contributed by atoms with E-state index < -0.39 is 23.7 Å². The summed E-state index contributed by atoms with van der Waals surface area (Å²) in [5.41, 5.74) is -0.276. The van der Waals surface area contributed by atoms with Crippen molar-refractivity contribution in [3.8, 4) is 0 Å². The van der Waals surface area contributed by atoms with Crippen molar-refractivity contribution in [1.29, 1.82) is 0 Å². The molecule has 1 spiro atoms. The first-order valence-corrected chi connectivity index (χ1v) is 9.62. The number of piperazine rings is 1. The second-order valence-corrected chi connectivity index (χ2v) is 7.42. The molecule has 4 rings (SSSR count). The van der Waals surface area contributed by atoms with E-state index in [1.807, 2.05) is 11.8 Å². The van der Waals surface area contributed by atoms with Crippen LogP contribution in [0.5, 0.6) is 0 Å². The molecule has 0 aromatic heterocycles. The highest BCUT2D eigenvalue weighted by atomic mass is 19.1. The number of hydrogen-bond donors (Lipinski definition) is 1. The number of hydrogen-bond acceptors (Lipinski definition) is 4. The normalized spacial score (nSPS) is 24.5. The molecule has 7 nitrogen and oxygen atoms in total. The smallest absolute Gasteiger partial charge is 0.321 e. The van der Waals surface area contributed by atoms with Crippen LogP contribution < -0.4 is 5.32 Å². The number of anilines is 1. The first-order chi connectivity index (χ1) is 13.4. The fourth-order valence-electron chi connectivity index (χ4n) is 4.75. The number of rotatable bonds is 2. The van der Waals surface area contributed by atoms with Crippen LogP contribution in [0.2, 0.25) is 0 Å². The Bertz CT molecular complexity index is 764. The molecule has 3 aliphatic rings. The number of nitrogens with one attached hydrogen (secondary N) is 1. The van der Waals surface area contributed by atoms with Gasteiger partial charge in [-0.15, -0.1) is 0 Å². The number of ether oxygens (including phenoxy) is 1. The first-order valence-electron chi connectivity index (χ1n) is 9.62. The lowest BCUT2D eigenvalue weighted by atomic mass is 9.96. The Labute approximate surface area is 162 Å². The van der Waals surface area contributed by atoms with Gasteiger partial charge < -0.3 is 19.9 Å². The summed E-state index contributed by atoms with van der Waals surface area (Å²) in [6.07, 6.45) is 1.52. The molecule has 0 aliphatic carbocycles. The van der Waals surface area contributed by atoms with Gasteiger partial charge >= 0.3 is 6.03 Å². The average molecular weight is 394 g/mol. The summed E-state index contributed by atoms with van der Waals surface area (Å²) < 4.78 is 32.2. The van der Waals surface area contributed by atoms with Gasteiger partial charge in [-0.25, -0.2) is 13.6 Å². The second-order valence-electron chi connectivity index (χ2n) is 7.42. The number of carbonyl (C=O) groups is 2. The number of amides is 3. The van der Waals surface area contributed by atoms with Crippen molar-refractivity contribution in [2.75, 3.05) is 44.7 Å². The van der Waals surface area contributed by atoms with Crippen molar-refractivity contribution in [1.82, 2.24) is 14.7 Å². The Morgan fingerprint density at radius 3 is 2.54 bits per heavy atom. The van der Waals surface area contributed by atoms with Gasteiger partial charge in [0.05, 0.1) is 13.2 Å². The van der Waals surface area contributed by atoms with E-state index in [2.05, 4.69) is 10.2 Å². The highest BCUT2D eigenvalue weighted by Gasteiger charge is 2.57. The van der Waals surface area contributed by atoms with Crippen LogP contribution in [0.1, 0.15) is 19.8 Å². The van der Waals surface area contributed by atoms with Gasteiger partial charge in [0.15, 0.2) is 0 Å². The minimum Gasteiger partial charge on any atom is -0.381 e. The van der Waals surface area contributed by atoms with E-state index in [0.717, 1.165) is 31.0 Å². The number of nitrogens with zero attached hydrogens (tertiary/aromatic N) is 3. The lowest BCUT2D eigenvalue weighted by molar-refractivity contribution is -0.135. The highest BCUT2D eigenvalue weighted by Crippen LogP contribution is 2.40. The monoisotopic (exact) mass is 394 g/mol. The number of benzene rings is 1. The molecule has 3 heterocycles. The van der Waals surface area contributed by atoms with Crippen LogP contribution >= 0.6 is 0 Å². The van der Waals surface area contributed by atoms with Crippen molar-refractivity contribution in [3.63, 3.8) is 0 Å². The minimum absolute atomic E-state index is 0.0266. The second kappa shape index (κ2) is 7.29. The van der Waals surface area contributed by atoms with Gasteiger partial charge in [-0.05, 0) is 19.1 Å². The molecule has 1 N–H and O–H groups in total. The third-order valence-corrected chi connectivity index (χ3v) is 5.98. The Kier molecular flexibility index (Phi) is 4.96. The topological polar surface area (TPSA) is 65.1 Å². The number of fused-ring (bicyclic) bond motifs is 2. The van der Waals surface area contributed by atoms with Gasteiger partial charge in [0.2, 0.25) is 5.91 Å². The van der Waals surface area contributed by atoms with E-state index in [9.17, 15) is 18.4 Å². The average Bonchev–Trinajstić information content (AvgIpc) is 2.89. The van der Waals surface area contributed by atoms with Crippen LogP contribution in [-0.4, -0.2) is 77.7 Å². The summed E-state index contributed by atoms with van der Waals surface area (Å²) in [6, 6.07) is 2.01. The van der Waals surface area contributed by atoms with Crippen LogP contribution in [0.3, 0.4) is 0 Å². The first kappa shape index (κ1) is 19.1. The van der Waals surface area contributed by atoms with E-state index in [4.69, 9.17) is 4.74 Å². The quantitative estimate of drug-likeness (QED) is 0.832. The molecule has 0 bridgehead atoms. The van der Waals surface area contributed by atoms with Crippen molar-refractivity contribution in [2.45, 2.75) is 31.5 Å². The maximum Gasteiger partial charge on any atom is 0.321 e. The van der Waals surface area contributed by atoms with Crippen molar-refractivity contribution < 1.29 is 23.1 Å². The number of halogens is 2. The summed E-state index contributed by atoms with van der Waals surface area (Å²) in [7, 11) is 0. The summed E-state index contributed by atoms with van der Waals surface area (Å²) in [5, 5.41) is 2.53. The fourth-order valence-corrected chi connectivity index (χ4v) is 4.75. The summed E-state index contributed by atoms with van der Waals surface area (Å²) >= 11 is 0. The number of urea groups is 1. The molecule has 1 aromatic carbocycles. The van der Waals surface area contributed by atoms with Gasteiger partial charge in [0.25, 0.3) is 0 Å². The van der Waals surface area contributed by atoms with Gasteiger partial charge in [-0.1, -0.05) is 0 Å². The maximum atomic E-state index is 13.4. The van der Waals surface area contributed by atoms with Crippen LogP contribution in [0.4, 0.5) is 19.3 Å². The predicted octanol–water partition coefficient (Wildman–Crippen LogP) is 1.85. The zero-order chi connectivity index (χ0) is 19.9. The molecule has 0 radical (unpaired) electrons. The van der Waals surface area contributed by atoms with E-state index >= 15 is 0 Å². The van der Waals surface area contributed by atoms with Crippen molar-refractivity contribution in [2.24, 2.45) is 0 Å². The molecule has 3 amide bonds. The van der Waals surface area contributed by atoms with Crippen molar-refractivity contribution >= 4 is 17.6 Å². The molecular formula is C19H24F2N4O3. The standard InChI is InChI=1S/C19H24F2N4O3/c1-2-24-17(26)16-12-23(5-6-25(16)19(24)3-7-28-8-4-19)18(27)22-15-10-13(20)9-14(21)11-15/h9-11,16H,2-8,12H2,1H3,(H,22,27)/t16-/m1/s1. The van der Waals surface area contributed by atoms with Crippen LogP contribution in [0, 0.1) is 11.6 Å². The summed E-state index contributed by atoms with van der Waals surface area (Å²) in [4.78, 5) is 31.3. The number of carbonyl (C=O) groups excluding carboxylic acids is 2. The molecule has 28 heavy (non-hydrogen) atoms. The molecule has 0 unspecified atom stereocenters. The Morgan fingerprint density at radius 1 is 1.21 bits per heavy atom. The summed E-state index contributed by atoms with van der Waals surface area (Å²) in [6.45, 7) is 5.06. The largest absolute Gasteiger partial charge is 0.381 e. The Morgan fingerprint density at radius 2 is 1.89 bits per heavy atom.